The molecule has 0 aliphatic carbocycles. The molecule has 3 nitrogen and oxygen atoms in total. The van der Waals surface area contributed by atoms with E-state index in [4.69, 9.17) is 15.2 Å². The van der Waals surface area contributed by atoms with E-state index in [-0.39, 0.29) is 18.4 Å². The monoisotopic (exact) mass is 191 g/mol. The van der Waals surface area contributed by atoms with Crippen molar-refractivity contribution in [2.24, 2.45) is 5.73 Å². The van der Waals surface area contributed by atoms with Crippen LogP contribution in [0.25, 0.3) is 0 Å². The fourth-order valence-electron chi connectivity index (χ4n) is 2.21. The van der Waals surface area contributed by atoms with Crippen LogP contribution in [0, 0.1) is 0 Å². The van der Waals surface area contributed by atoms with Crippen LogP contribution in [0.5, 0.6) is 0 Å². The first-order valence-corrected chi connectivity index (χ1v) is 4.98. The summed E-state index contributed by atoms with van der Waals surface area (Å²) < 4.78 is 11.3. The van der Waals surface area contributed by atoms with Gasteiger partial charge in [0.2, 0.25) is 0 Å². The summed E-state index contributed by atoms with van der Waals surface area (Å²) in [5, 5.41) is 0. The van der Waals surface area contributed by atoms with Gasteiger partial charge in [-0.2, -0.15) is 0 Å². The number of fused-ring (bicyclic) bond motifs is 4. The van der Waals surface area contributed by atoms with E-state index in [0.717, 1.165) is 18.6 Å². The molecule has 0 unspecified atom stereocenters. The summed E-state index contributed by atoms with van der Waals surface area (Å²) in [6.45, 7) is 0.747. The molecule has 2 bridgehead atoms. The molecule has 0 spiro atoms. The Kier molecular flexibility index (Phi) is 1.83. The number of benzene rings is 1. The lowest BCUT2D eigenvalue weighted by Gasteiger charge is -2.40. The second-order valence-electron chi connectivity index (χ2n) is 3.82. The summed E-state index contributed by atoms with van der Waals surface area (Å²) in [5.41, 5.74) is 8.38. The molecule has 0 radical (unpaired) electrons. The van der Waals surface area contributed by atoms with Crippen LogP contribution in [0.1, 0.15) is 29.9 Å². The third kappa shape index (κ3) is 1.10. The summed E-state index contributed by atoms with van der Waals surface area (Å²) >= 11 is 0. The van der Waals surface area contributed by atoms with Gasteiger partial charge in [-0.15, -0.1) is 0 Å². The molecule has 2 heterocycles. The molecule has 3 rings (SSSR count). The quantitative estimate of drug-likeness (QED) is 0.676. The number of hydrogen-bond donors (Lipinski definition) is 1. The van der Waals surface area contributed by atoms with E-state index in [1.165, 1.54) is 5.56 Å². The van der Waals surface area contributed by atoms with Crippen molar-refractivity contribution in [3.05, 3.63) is 35.4 Å². The van der Waals surface area contributed by atoms with E-state index >= 15 is 0 Å². The van der Waals surface area contributed by atoms with Gasteiger partial charge < -0.3 is 15.2 Å². The second-order valence-corrected chi connectivity index (χ2v) is 3.82. The fourth-order valence-corrected chi connectivity index (χ4v) is 2.21. The molecule has 14 heavy (non-hydrogen) atoms. The highest BCUT2D eigenvalue weighted by Gasteiger charge is 2.36. The van der Waals surface area contributed by atoms with Crippen molar-refractivity contribution < 1.29 is 9.47 Å². The van der Waals surface area contributed by atoms with E-state index in [1.54, 1.807) is 0 Å². The van der Waals surface area contributed by atoms with E-state index < -0.39 is 0 Å². The van der Waals surface area contributed by atoms with Crippen molar-refractivity contribution in [1.29, 1.82) is 0 Å². The van der Waals surface area contributed by atoms with Crippen LogP contribution in [0.15, 0.2) is 24.3 Å². The Balaban J connectivity index is 2.11. The third-order valence-corrected chi connectivity index (χ3v) is 2.98. The Morgan fingerprint density at radius 3 is 2.86 bits per heavy atom. The normalized spacial score (nSPS) is 35.1. The summed E-state index contributed by atoms with van der Waals surface area (Å²) in [4.78, 5) is 0. The molecule has 1 saturated heterocycles. The van der Waals surface area contributed by atoms with Gasteiger partial charge in [-0.1, -0.05) is 24.3 Å². The second kappa shape index (κ2) is 3.05. The zero-order chi connectivity index (χ0) is 9.54. The average molecular weight is 191 g/mol. The van der Waals surface area contributed by atoms with Gasteiger partial charge in [0.1, 0.15) is 0 Å². The van der Waals surface area contributed by atoms with Crippen molar-refractivity contribution in [1.82, 2.24) is 0 Å². The molecule has 0 aromatic heterocycles. The van der Waals surface area contributed by atoms with Gasteiger partial charge in [-0.05, 0) is 12.0 Å². The third-order valence-electron chi connectivity index (χ3n) is 2.98. The predicted molar refractivity (Wildman–Crippen MR) is 51.6 cm³/mol. The van der Waals surface area contributed by atoms with Crippen LogP contribution in [0.4, 0.5) is 0 Å². The van der Waals surface area contributed by atoms with Gasteiger partial charge in [0.05, 0.1) is 18.8 Å². The van der Waals surface area contributed by atoms with Crippen molar-refractivity contribution in [2.75, 3.05) is 6.61 Å². The number of nitrogens with two attached hydrogens (primary N) is 1. The molecule has 0 amide bonds. The topological polar surface area (TPSA) is 44.5 Å². The minimum atomic E-state index is -0.190. The Labute approximate surface area is 82.8 Å². The molecular formula is C11H13NO2. The fraction of sp³-hybridized carbons (Fsp3) is 0.455. The SMILES string of the molecule is N[C@H]1c2ccccc2[C@H]2OCC[C@@H]1O2. The largest absolute Gasteiger partial charge is 0.348 e. The first-order valence-electron chi connectivity index (χ1n) is 4.98. The molecule has 74 valence electrons. The summed E-state index contributed by atoms with van der Waals surface area (Å²) in [6, 6.07) is 8.11. The van der Waals surface area contributed by atoms with Crippen LogP contribution in [0.3, 0.4) is 0 Å². The Hall–Kier alpha value is -0.900. The molecule has 2 N–H and O–H groups in total. The summed E-state index contributed by atoms with van der Waals surface area (Å²) in [6.07, 6.45) is 0.833. The van der Waals surface area contributed by atoms with Crippen molar-refractivity contribution in [3.8, 4) is 0 Å². The molecule has 1 aromatic carbocycles. The molecule has 1 aromatic rings. The molecule has 1 fully saturated rings. The van der Waals surface area contributed by atoms with Crippen LogP contribution in [-0.4, -0.2) is 12.7 Å². The highest BCUT2D eigenvalue weighted by atomic mass is 16.7. The molecule has 2 aliphatic rings. The van der Waals surface area contributed by atoms with Gasteiger partial charge in [-0.25, -0.2) is 0 Å². The van der Waals surface area contributed by atoms with Crippen LogP contribution < -0.4 is 5.73 Å². The Morgan fingerprint density at radius 1 is 1.21 bits per heavy atom. The molecular weight excluding hydrogens is 178 g/mol. The van der Waals surface area contributed by atoms with Gasteiger partial charge in [0.15, 0.2) is 6.29 Å². The maximum absolute atomic E-state index is 6.12. The number of hydrogen-bond acceptors (Lipinski definition) is 3. The number of rotatable bonds is 0. The Bertz CT molecular complexity index is 332. The summed E-state index contributed by atoms with van der Waals surface area (Å²) in [7, 11) is 0. The first kappa shape index (κ1) is 8.41. The highest BCUT2D eigenvalue weighted by molar-refractivity contribution is 5.33. The van der Waals surface area contributed by atoms with Crippen LogP contribution in [0.2, 0.25) is 0 Å². The number of ether oxygens (including phenoxy) is 2. The van der Waals surface area contributed by atoms with Crippen LogP contribution in [-0.2, 0) is 9.47 Å². The maximum atomic E-state index is 6.12. The van der Waals surface area contributed by atoms with Crippen molar-refractivity contribution in [3.63, 3.8) is 0 Å². The molecule has 3 heteroatoms. The Morgan fingerprint density at radius 2 is 2.00 bits per heavy atom. The zero-order valence-corrected chi connectivity index (χ0v) is 7.85. The highest BCUT2D eigenvalue weighted by Crippen LogP contribution is 2.39. The average Bonchev–Trinajstić information content (AvgIpc) is 2.27. The minimum Gasteiger partial charge on any atom is -0.348 e. The molecule has 2 aliphatic heterocycles. The molecule has 3 atom stereocenters. The smallest absolute Gasteiger partial charge is 0.184 e. The van der Waals surface area contributed by atoms with Crippen LogP contribution >= 0.6 is 0 Å². The van der Waals surface area contributed by atoms with Gasteiger partial charge in [0.25, 0.3) is 0 Å². The predicted octanol–water partition coefficient (Wildman–Crippen LogP) is 1.50. The van der Waals surface area contributed by atoms with Gasteiger partial charge >= 0.3 is 0 Å². The molecule has 0 saturated carbocycles. The van der Waals surface area contributed by atoms with Gasteiger partial charge in [0, 0.05) is 5.56 Å². The van der Waals surface area contributed by atoms with Gasteiger partial charge in [-0.3, -0.25) is 0 Å². The van der Waals surface area contributed by atoms with E-state index in [1.807, 2.05) is 18.2 Å². The zero-order valence-electron chi connectivity index (χ0n) is 7.85. The maximum Gasteiger partial charge on any atom is 0.184 e. The van der Waals surface area contributed by atoms with E-state index in [9.17, 15) is 0 Å². The lowest BCUT2D eigenvalue weighted by molar-refractivity contribution is -0.231. The summed E-state index contributed by atoms with van der Waals surface area (Å²) in [5.74, 6) is 0. The van der Waals surface area contributed by atoms with E-state index in [0.29, 0.717) is 0 Å². The minimum absolute atomic E-state index is 0.00588. The lowest BCUT2D eigenvalue weighted by atomic mass is 9.91. The van der Waals surface area contributed by atoms with E-state index in [2.05, 4.69) is 6.07 Å². The van der Waals surface area contributed by atoms with Crippen molar-refractivity contribution >= 4 is 0 Å². The first-order chi connectivity index (χ1) is 6.86. The van der Waals surface area contributed by atoms with Crippen molar-refractivity contribution in [2.45, 2.75) is 24.9 Å². The lowest BCUT2D eigenvalue weighted by Crippen LogP contribution is -2.40. The standard InChI is InChI=1S/C11H13NO2/c12-10-7-3-1-2-4-8(7)11-13-6-5-9(10)14-11/h1-4,9-11H,5-6,12H2/t9-,10-,11-/m0/s1.